The number of nitrogens with zero attached hydrogens (tertiary/aromatic N) is 1. The van der Waals surface area contributed by atoms with Crippen molar-refractivity contribution in [2.45, 2.75) is 19.5 Å². The van der Waals surface area contributed by atoms with Crippen molar-refractivity contribution in [3.8, 4) is 0 Å². The first-order valence-electron chi connectivity index (χ1n) is 4.02. The van der Waals surface area contributed by atoms with Crippen molar-refractivity contribution in [3.05, 3.63) is 12.2 Å². The van der Waals surface area contributed by atoms with Crippen LogP contribution in [-0.2, 0) is 4.79 Å². The molecule has 0 radical (unpaired) electrons. The monoisotopic (exact) mass is 190 g/mol. The van der Waals surface area contributed by atoms with Gasteiger partial charge in [-0.15, -0.1) is 0 Å². The number of rotatable bonds is 2. The van der Waals surface area contributed by atoms with E-state index in [0.29, 0.717) is 13.1 Å². The molecule has 0 spiro atoms. The lowest BCUT2D eigenvalue weighted by molar-refractivity contribution is -0.131. The average molecular weight is 190 g/mol. The molecule has 3 nitrogen and oxygen atoms in total. The summed E-state index contributed by atoms with van der Waals surface area (Å²) in [5, 5.41) is 2.56. The minimum absolute atomic E-state index is 0.286. The molecule has 0 aromatic carbocycles. The Balaban J connectivity index is 2.68. The Morgan fingerprint density at radius 3 is 2.77 bits per heavy atom. The summed E-state index contributed by atoms with van der Waals surface area (Å²) in [5.41, 5.74) is 0.286. The molecule has 0 saturated carbocycles. The lowest BCUT2D eigenvalue weighted by Crippen LogP contribution is -2.45. The van der Waals surface area contributed by atoms with E-state index in [1.807, 2.05) is 0 Å². The molecule has 0 bridgehead atoms. The van der Waals surface area contributed by atoms with Crippen LogP contribution in [0.15, 0.2) is 12.2 Å². The molecule has 1 fully saturated rings. The Labute approximate surface area is 75.4 Å². The number of hydrogen-bond donors (Lipinski definition) is 1. The van der Waals surface area contributed by atoms with Gasteiger partial charge in [-0.2, -0.15) is 0 Å². The third-order valence-corrected chi connectivity index (χ3v) is 1.91. The second-order valence-electron chi connectivity index (χ2n) is 3.01. The van der Waals surface area contributed by atoms with Gasteiger partial charge in [0.2, 0.25) is 5.91 Å². The van der Waals surface area contributed by atoms with E-state index in [0.717, 1.165) is 4.90 Å². The molecule has 1 unspecified atom stereocenters. The van der Waals surface area contributed by atoms with E-state index in [2.05, 4.69) is 11.9 Å². The number of carbonyl (C=O) groups excluding carboxylic acids is 1. The Morgan fingerprint density at radius 1 is 1.69 bits per heavy atom. The van der Waals surface area contributed by atoms with E-state index < -0.39 is 18.5 Å². The van der Waals surface area contributed by atoms with Crippen molar-refractivity contribution in [2.75, 3.05) is 13.1 Å². The molecule has 0 aliphatic carbocycles. The molecule has 1 aliphatic heterocycles. The van der Waals surface area contributed by atoms with Gasteiger partial charge < -0.3 is 4.90 Å². The number of carbonyl (C=O) groups is 1. The van der Waals surface area contributed by atoms with Gasteiger partial charge in [-0.05, 0) is 6.92 Å². The zero-order chi connectivity index (χ0) is 10.0. The van der Waals surface area contributed by atoms with E-state index in [1.165, 1.54) is 6.92 Å². The number of nitrogens with one attached hydrogen (secondary N) is 1. The van der Waals surface area contributed by atoms with Gasteiger partial charge in [0, 0.05) is 18.7 Å². The van der Waals surface area contributed by atoms with Crippen molar-refractivity contribution in [1.82, 2.24) is 10.2 Å². The summed E-state index contributed by atoms with van der Waals surface area (Å²) in [4.78, 5) is 12.4. The molecule has 13 heavy (non-hydrogen) atoms. The molecule has 1 N–H and O–H groups in total. The maximum atomic E-state index is 12.3. The maximum Gasteiger partial charge on any atom is 0.271 e. The van der Waals surface area contributed by atoms with Crippen LogP contribution in [0.3, 0.4) is 0 Å². The summed E-state index contributed by atoms with van der Waals surface area (Å²) in [7, 11) is 0. The Kier molecular flexibility index (Phi) is 2.98. The van der Waals surface area contributed by atoms with Gasteiger partial charge in [0.15, 0.2) is 0 Å². The molecule has 1 rings (SSSR count). The molecule has 74 valence electrons. The minimum atomic E-state index is -2.55. The Morgan fingerprint density at radius 2 is 2.31 bits per heavy atom. The average Bonchev–Trinajstić information content (AvgIpc) is 2.50. The molecule has 5 heteroatoms. The SMILES string of the molecule is C=C(C)C(=O)N1CCNC1C(F)F. The fourth-order valence-corrected chi connectivity index (χ4v) is 1.28. The van der Waals surface area contributed by atoms with Gasteiger partial charge in [-0.1, -0.05) is 6.58 Å². The molecule has 1 aliphatic rings. The summed E-state index contributed by atoms with van der Waals surface area (Å²) in [6.45, 7) is 5.68. The summed E-state index contributed by atoms with van der Waals surface area (Å²) >= 11 is 0. The van der Waals surface area contributed by atoms with Gasteiger partial charge >= 0.3 is 0 Å². The number of amides is 1. The zero-order valence-corrected chi connectivity index (χ0v) is 7.39. The quantitative estimate of drug-likeness (QED) is 0.646. The lowest BCUT2D eigenvalue weighted by atomic mass is 10.3. The maximum absolute atomic E-state index is 12.3. The predicted molar refractivity (Wildman–Crippen MR) is 44.3 cm³/mol. The van der Waals surface area contributed by atoms with Crippen LogP contribution in [0.2, 0.25) is 0 Å². The fourth-order valence-electron chi connectivity index (χ4n) is 1.28. The van der Waals surface area contributed by atoms with Crippen LogP contribution in [0.1, 0.15) is 6.92 Å². The predicted octanol–water partition coefficient (Wildman–Crippen LogP) is 0.585. The molecule has 1 heterocycles. The first-order valence-corrected chi connectivity index (χ1v) is 4.02. The van der Waals surface area contributed by atoms with Crippen LogP contribution < -0.4 is 5.32 Å². The first kappa shape index (κ1) is 10.1. The van der Waals surface area contributed by atoms with Crippen molar-refractivity contribution in [3.63, 3.8) is 0 Å². The standard InChI is InChI=1S/C8H12F2N2O/c1-5(2)8(13)12-4-3-11-7(12)6(9)10/h6-7,11H,1,3-4H2,2H3. The third kappa shape index (κ3) is 2.03. The Bertz CT molecular complexity index is 230. The van der Waals surface area contributed by atoms with Crippen molar-refractivity contribution >= 4 is 5.91 Å². The largest absolute Gasteiger partial charge is 0.316 e. The molecular weight excluding hydrogens is 178 g/mol. The van der Waals surface area contributed by atoms with Gasteiger partial charge in [0.25, 0.3) is 6.43 Å². The summed E-state index contributed by atoms with van der Waals surface area (Å²) in [6.07, 6.45) is -3.70. The van der Waals surface area contributed by atoms with Crippen LogP contribution in [0, 0.1) is 0 Å². The van der Waals surface area contributed by atoms with Gasteiger partial charge in [-0.25, -0.2) is 8.78 Å². The van der Waals surface area contributed by atoms with Crippen LogP contribution in [0.25, 0.3) is 0 Å². The van der Waals surface area contributed by atoms with E-state index in [4.69, 9.17) is 0 Å². The third-order valence-electron chi connectivity index (χ3n) is 1.91. The summed E-state index contributed by atoms with van der Waals surface area (Å²) in [5.74, 6) is -0.407. The van der Waals surface area contributed by atoms with Gasteiger partial charge in [0.05, 0.1) is 0 Å². The van der Waals surface area contributed by atoms with Crippen LogP contribution in [0.4, 0.5) is 8.78 Å². The number of alkyl halides is 2. The molecule has 1 saturated heterocycles. The van der Waals surface area contributed by atoms with Gasteiger partial charge in [0.1, 0.15) is 6.17 Å². The topological polar surface area (TPSA) is 32.3 Å². The van der Waals surface area contributed by atoms with Crippen LogP contribution in [0.5, 0.6) is 0 Å². The molecule has 0 aromatic heterocycles. The Hall–Kier alpha value is -0.970. The van der Waals surface area contributed by atoms with E-state index >= 15 is 0 Å². The zero-order valence-electron chi connectivity index (χ0n) is 7.39. The number of hydrogen-bond acceptors (Lipinski definition) is 2. The van der Waals surface area contributed by atoms with Crippen molar-refractivity contribution in [2.24, 2.45) is 0 Å². The molecule has 1 atom stereocenters. The second-order valence-corrected chi connectivity index (χ2v) is 3.01. The highest BCUT2D eigenvalue weighted by atomic mass is 19.3. The fraction of sp³-hybridized carbons (Fsp3) is 0.625. The molecule has 1 amide bonds. The highest BCUT2D eigenvalue weighted by molar-refractivity contribution is 5.92. The van der Waals surface area contributed by atoms with E-state index in [1.54, 1.807) is 0 Å². The number of halogens is 2. The van der Waals surface area contributed by atoms with E-state index in [-0.39, 0.29) is 5.57 Å². The first-order chi connectivity index (χ1) is 6.04. The molecular formula is C8H12F2N2O. The molecule has 0 aromatic rings. The summed E-state index contributed by atoms with van der Waals surface area (Å²) < 4.78 is 24.7. The lowest BCUT2D eigenvalue weighted by Gasteiger charge is -2.23. The van der Waals surface area contributed by atoms with Gasteiger partial charge in [-0.3, -0.25) is 10.1 Å². The highest BCUT2D eigenvalue weighted by Crippen LogP contribution is 2.13. The summed E-state index contributed by atoms with van der Waals surface area (Å²) in [6, 6.07) is 0. The van der Waals surface area contributed by atoms with Crippen LogP contribution >= 0.6 is 0 Å². The smallest absolute Gasteiger partial charge is 0.271 e. The second kappa shape index (κ2) is 3.83. The minimum Gasteiger partial charge on any atom is -0.316 e. The van der Waals surface area contributed by atoms with Crippen molar-refractivity contribution < 1.29 is 13.6 Å². The highest BCUT2D eigenvalue weighted by Gasteiger charge is 2.34. The van der Waals surface area contributed by atoms with Crippen molar-refractivity contribution in [1.29, 1.82) is 0 Å². The normalized spacial score (nSPS) is 22.5. The van der Waals surface area contributed by atoms with E-state index in [9.17, 15) is 13.6 Å². The van der Waals surface area contributed by atoms with Crippen LogP contribution in [-0.4, -0.2) is 36.5 Å².